The van der Waals surface area contributed by atoms with E-state index in [-0.39, 0.29) is 17.3 Å². The van der Waals surface area contributed by atoms with Gasteiger partial charge < -0.3 is 10.2 Å². The van der Waals surface area contributed by atoms with Crippen molar-refractivity contribution in [2.75, 3.05) is 18.4 Å². The van der Waals surface area contributed by atoms with Crippen molar-refractivity contribution in [3.05, 3.63) is 53.9 Å². The minimum atomic E-state index is -0.690. The largest absolute Gasteiger partial charge is 0.351 e. The molecule has 3 rings (SSSR count). The topological polar surface area (TPSA) is 45.2 Å². The van der Waals surface area contributed by atoms with Crippen molar-refractivity contribution in [2.45, 2.75) is 19.8 Å². The number of amides is 1. The lowest BCUT2D eigenvalue weighted by Crippen LogP contribution is -2.38. The second-order valence-electron chi connectivity index (χ2n) is 6.13. The number of carbonyl (C=O) groups is 1. The van der Waals surface area contributed by atoms with Crippen LogP contribution in [-0.4, -0.2) is 28.9 Å². The third-order valence-electron chi connectivity index (χ3n) is 4.28. The lowest BCUT2D eigenvalue weighted by Gasteiger charge is -2.30. The van der Waals surface area contributed by atoms with Crippen molar-refractivity contribution in [2.24, 2.45) is 5.92 Å². The zero-order chi connectivity index (χ0) is 17.1. The lowest BCUT2D eigenvalue weighted by molar-refractivity contribution is 0.0691. The Morgan fingerprint density at radius 1 is 1.21 bits per heavy atom. The number of aromatic nitrogens is 1. The summed E-state index contributed by atoms with van der Waals surface area (Å²) in [4.78, 5) is 18.4. The minimum Gasteiger partial charge on any atom is -0.351 e. The molecule has 1 saturated heterocycles. The van der Waals surface area contributed by atoms with Crippen LogP contribution in [0.5, 0.6) is 0 Å². The number of hydrogen-bond acceptors (Lipinski definition) is 3. The van der Waals surface area contributed by atoms with Crippen molar-refractivity contribution in [3.63, 3.8) is 0 Å². The van der Waals surface area contributed by atoms with E-state index in [1.807, 2.05) is 0 Å². The molecule has 0 radical (unpaired) electrons. The summed E-state index contributed by atoms with van der Waals surface area (Å²) < 4.78 is 27.5. The molecule has 0 bridgehead atoms. The summed E-state index contributed by atoms with van der Waals surface area (Å²) in [6.07, 6.45) is 3.41. The number of rotatable bonds is 3. The molecule has 1 aromatic carbocycles. The average molecular weight is 331 g/mol. The molecule has 1 aliphatic heterocycles. The van der Waals surface area contributed by atoms with Crippen LogP contribution in [0, 0.1) is 17.6 Å². The number of hydrogen-bond donors (Lipinski definition) is 1. The highest BCUT2D eigenvalue weighted by Crippen LogP contribution is 2.24. The van der Waals surface area contributed by atoms with Gasteiger partial charge in [0.25, 0.3) is 5.91 Å². The number of halogens is 2. The molecular weight excluding hydrogens is 312 g/mol. The molecule has 1 N–H and O–H groups in total. The highest BCUT2D eigenvalue weighted by Gasteiger charge is 2.22. The predicted molar refractivity (Wildman–Crippen MR) is 88.2 cm³/mol. The van der Waals surface area contributed by atoms with Crippen LogP contribution in [0.2, 0.25) is 0 Å². The highest BCUT2D eigenvalue weighted by atomic mass is 19.1. The minimum absolute atomic E-state index is 0.153. The van der Waals surface area contributed by atoms with Gasteiger partial charge in [0.05, 0.1) is 0 Å². The van der Waals surface area contributed by atoms with E-state index >= 15 is 0 Å². The number of likely N-dealkylation sites (tertiary alicyclic amines) is 1. The molecule has 24 heavy (non-hydrogen) atoms. The van der Waals surface area contributed by atoms with E-state index < -0.39 is 11.6 Å². The number of nitrogens with one attached hydrogen (secondary N) is 1. The highest BCUT2D eigenvalue weighted by molar-refractivity contribution is 5.93. The van der Waals surface area contributed by atoms with E-state index in [2.05, 4.69) is 17.2 Å². The molecule has 2 heterocycles. The SMILES string of the molecule is CC1CCN(C(=O)c2cc(Nc3c(F)cccc3F)ccn2)CC1. The molecule has 0 saturated carbocycles. The summed E-state index contributed by atoms with van der Waals surface area (Å²) in [5, 5.41) is 2.68. The van der Waals surface area contributed by atoms with Gasteiger partial charge in [-0.1, -0.05) is 13.0 Å². The third-order valence-corrected chi connectivity index (χ3v) is 4.28. The molecule has 0 unspecified atom stereocenters. The fourth-order valence-electron chi connectivity index (χ4n) is 2.76. The third kappa shape index (κ3) is 3.53. The maximum Gasteiger partial charge on any atom is 0.272 e. The summed E-state index contributed by atoms with van der Waals surface area (Å²) in [6, 6.07) is 6.74. The molecule has 4 nitrogen and oxygen atoms in total. The smallest absolute Gasteiger partial charge is 0.272 e. The number of nitrogens with zero attached hydrogens (tertiary/aromatic N) is 2. The standard InChI is InChI=1S/C18H19F2N3O/c1-12-6-9-23(10-7-12)18(24)16-11-13(5-8-21-16)22-17-14(19)3-2-4-15(17)20/h2-5,8,11-12H,6-7,9-10H2,1H3,(H,21,22). The van der Waals surface area contributed by atoms with Crippen molar-refractivity contribution in [1.29, 1.82) is 0 Å². The first-order chi connectivity index (χ1) is 11.5. The Bertz CT molecular complexity index is 723. The van der Waals surface area contributed by atoms with Crippen LogP contribution in [-0.2, 0) is 0 Å². The van der Waals surface area contributed by atoms with E-state index in [4.69, 9.17) is 0 Å². The van der Waals surface area contributed by atoms with Gasteiger partial charge in [-0.2, -0.15) is 0 Å². The molecule has 1 aliphatic rings. The fraction of sp³-hybridized carbons (Fsp3) is 0.333. The summed E-state index contributed by atoms with van der Waals surface area (Å²) in [7, 11) is 0. The molecule has 6 heteroatoms. The Labute approximate surface area is 139 Å². The monoisotopic (exact) mass is 331 g/mol. The van der Waals surface area contributed by atoms with Gasteiger partial charge in [0.2, 0.25) is 0 Å². The number of benzene rings is 1. The fourth-order valence-corrected chi connectivity index (χ4v) is 2.76. The number of pyridine rings is 1. The number of para-hydroxylation sites is 1. The summed E-state index contributed by atoms with van der Waals surface area (Å²) >= 11 is 0. The van der Waals surface area contributed by atoms with Gasteiger partial charge in [-0.25, -0.2) is 8.78 Å². The Morgan fingerprint density at radius 2 is 1.88 bits per heavy atom. The molecule has 0 aliphatic carbocycles. The van der Waals surface area contributed by atoms with Crippen LogP contribution in [0.25, 0.3) is 0 Å². The van der Waals surface area contributed by atoms with Gasteiger partial charge >= 0.3 is 0 Å². The van der Waals surface area contributed by atoms with Crippen LogP contribution in [0.1, 0.15) is 30.3 Å². The molecular formula is C18H19F2N3O. The second-order valence-corrected chi connectivity index (χ2v) is 6.13. The van der Waals surface area contributed by atoms with Crippen LogP contribution >= 0.6 is 0 Å². The van der Waals surface area contributed by atoms with E-state index in [0.717, 1.165) is 12.8 Å². The first kappa shape index (κ1) is 16.4. The molecule has 126 valence electrons. The maximum absolute atomic E-state index is 13.7. The first-order valence-corrected chi connectivity index (χ1v) is 8.01. The maximum atomic E-state index is 13.7. The molecule has 0 atom stereocenters. The summed E-state index contributed by atoms with van der Waals surface area (Å²) in [6.45, 7) is 3.59. The zero-order valence-corrected chi connectivity index (χ0v) is 13.4. The average Bonchev–Trinajstić information content (AvgIpc) is 2.59. The van der Waals surface area contributed by atoms with E-state index in [1.165, 1.54) is 30.5 Å². The predicted octanol–water partition coefficient (Wildman–Crippen LogP) is 3.98. The van der Waals surface area contributed by atoms with Crippen molar-refractivity contribution in [3.8, 4) is 0 Å². The molecule has 1 amide bonds. The molecule has 2 aromatic rings. The summed E-state index contributed by atoms with van der Waals surface area (Å²) in [5.41, 5.74) is 0.447. The van der Waals surface area contributed by atoms with Gasteiger partial charge in [-0.05, 0) is 43.0 Å². The van der Waals surface area contributed by atoms with E-state index in [0.29, 0.717) is 24.7 Å². The second kappa shape index (κ2) is 6.95. The van der Waals surface area contributed by atoms with Crippen LogP contribution in [0.15, 0.2) is 36.5 Å². The van der Waals surface area contributed by atoms with Crippen molar-refractivity contribution >= 4 is 17.3 Å². The molecule has 1 fully saturated rings. The Balaban J connectivity index is 1.78. The van der Waals surface area contributed by atoms with Crippen LogP contribution in [0.4, 0.5) is 20.2 Å². The Morgan fingerprint density at radius 3 is 2.54 bits per heavy atom. The lowest BCUT2D eigenvalue weighted by atomic mass is 9.99. The molecule has 1 aromatic heterocycles. The van der Waals surface area contributed by atoms with Gasteiger partial charge in [-0.15, -0.1) is 0 Å². The number of carbonyl (C=O) groups excluding carboxylic acids is 1. The Kier molecular flexibility index (Phi) is 4.74. The number of anilines is 2. The molecule has 0 spiro atoms. The Hall–Kier alpha value is -2.50. The van der Waals surface area contributed by atoms with Gasteiger partial charge in [0.1, 0.15) is 23.0 Å². The van der Waals surface area contributed by atoms with Gasteiger partial charge in [0.15, 0.2) is 0 Å². The van der Waals surface area contributed by atoms with Crippen molar-refractivity contribution < 1.29 is 13.6 Å². The number of piperidine rings is 1. The summed E-state index contributed by atoms with van der Waals surface area (Å²) in [5.74, 6) is -0.909. The van der Waals surface area contributed by atoms with E-state index in [1.54, 1.807) is 11.0 Å². The normalized spacial score (nSPS) is 15.4. The van der Waals surface area contributed by atoms with Crippen LogP contribution < -0.4 is 5.32 Å². The van der Waals surface area contributed by atoms with Gasteiger partial charge in [-0.3, -0.25) is 9.78 Å². The first-order valence-electron chi connectivity index (χ1n) is 8.01. The quantitative estimate of drug-likeness (QED) is 0.925. The van der Waals surface area contributed by atoms with E-state index in [9.17, 15) is 13.6 Å². The zero-order valence-electron chi connectivity index (χ0n) is 13.4. The van der Waals surface area contributed by atoms with Crippen molar-refractivity contribution in [1.82, 2.24) is 9.88 Å². The van der Waals surface area contributed by atoms with Gasteiger partial charge in [0, 0.05) is 25.0 Å². The van der Waals surface area contributed by atoms with Crippen LogP contribution in [0.3, 0.4) is 0 Å².